The second kappa shape index (κ2) is 7.36. The number of nitrogens with two attached hydrogens (primary N) is 1. The highest BCUT2D eigenvalue weighted by molar-refractivity contribution is 6.35. The number of rotatable bonds is 1. The number of anilines is 2. The second-order valence-corrected chi connectivity index (χ2v) is 10.6. The van der Waals surface area contributed by atoms with Crippen LogP contribution in [0.15, 0.2) is 65.1 Å². The molecule has 1 aliphatic carbocycles. The van der Waals surface area contributed by atoms with Crippen LogP contribution < -0.4 is 15.5 Å². The number of benzene rings is 2. The average molecular weight is 493 g/mol. The molecule has 2 aromatic carbocycles. The summed E-state index contributed by atoms with van der Waals surface area (Å²) in [4.78, 5) is 31.0. The van der Waals surface area contributed by atoms with Crippen molar-refractivity contribution in [3.63, 3.8) is 0 Å². The van der Waals surface area contributed by atoms with Crippen LogP contribution in [0, 0.1) is 16.7 Å². The molecule has 0 bridgehead atoms. The summed E-state index contributed by atoms with van der Waals surface area (Å²) >= 11 is 12.6. The van der Waals surface area contributed by atoms with E-state index >= 15 is 0 Å². The number of carbonyl (C=O) groups excluding carboxylic acids is 2. The molecule has 0 unspecified atom stereocenters. The predicted molar refractivity (Wildman–Crippen MR) is 132 cm³/mol. The van der Waals surface area contributed by atoms with Crippen LogP contribution in [0.5, 0.6) is 0 Å². The fourth-order valence-electron chi connectivity index (χ4n) is 5.63. The third kappa shape index (κ3) is 2.87. The van der Waals surface area contributed by atoms with Gasteiger partial charge in [0, 0.05) is 46.0 Å². The number of Topliss-reactive ketones (excluding diaryl/α,β-unsaturated/α-hetero) is 1. The second-order valence-electron chi connectivity index (χ2n) is 9.73. The minimum absolute atomic E-state index is 0.0252. The molecular formula is C26H22Cl2N4O2. The highest BCUT2D eigenvalue weighted by Crippen LogP contribution is 2.58. The highest BCUT2D eigenvalue weighted by atomic mass is 35.5. The molecule has 1 spiro atoms. The Morgan fingerprint density at radius 2 is 1.71 bits per heavy atom. The van der Waals surface area contributed by atoms with Crippen molar-refractivity contribution in [2.45, 2.75) is 32.1 Å². The Labute approximate surface area is 207 Å². The summed E-state index contributed by atoms with van der Waals surface area (Å²) in [7, 11) is 1.65. The molecule has 2 N–H and O–H groups in total. The molecule has 0 saturated carbocycles. The van der Waals surface area contributed by atoms with Gasteiger partial charge >= 0.3 is 0 Å². The van der Waals surface area contributed by atoms with Gasteiger partial charge in [0.2, 0.25) is 5.91 Å². The number of allylic oxidation sites excluding steroid dienone is 1. The number of amides is 1. The van der Waals surface area contributed by atoms with Crippen molar-refractivity contribution in [2.24, 2.45) is 11.1 Å². The quantitative estimate of drug-likeness (QED) is 0.600. The third-order valence-electron chi connectivity index (χ3n) is 6.88. The van der Waals surface area contributed by atoms with E-state index in [1.165, 1.54) is 4.90 Å². The lowest BCUT2D eigenvalue weighted by Gasteiger charge is -2.47. The molecule has 0 radical (unpaired) electrons. The molecule has 172 valence electrons. The molecule has 2 aromatic rings. The van der Waals surface area contributed by atoms with E-state index in [-0.39, 0.29) is 34.9 Å². The smallest absolute Gasteiger partial charge is 0.247 e. The van der Waals surface area contributed by atoms with Crippen molar-refractivity contribution >= 4 is 46.3 Å². The molecular weight excluding hydrogens is 471 g/mol. The van der Waals surface area contributed by atoms with Gasteiger partial charge in [-0.25, -0.2) is 0 Å². The van der Waals surface area contributed by atoms with Crippen LogP contribution >= 0.6 is 23.2 Å². The third-order valence-corrected chi connectivity index (χ3v) is 7.32. The summed E-state index contributed by atoms with van der Waals surface area (Å²) in [6, 6.07) is 14.4. The normalized spacial score (nSPS) is 23.4. The maximum atomic E-state index is 14.0. The number of ketones is 1. The fraction of sp³-hybridized carbons (Fsp3) is 0.269. The van der Waals surface area contributed by atoms with Crippen LogP contribution in [0.25, 0.3) is 0 Å². The topological polar surface area (TPSA) is 90.4 Å². The molecule has 3 aliphatic rings. The summed E-state index contributed by atoms with van der Waals surface area (Å²) in [6.45, 7) is 4.00. The fourth-order valence-corrected chi connectivity index (χ4v) is 6.14. The predicted octanol–water partition coefficient (Wildman–Crippen LogP) is 5.06. The summed E-state index contributed by atoms with van der Waals surface area (Å²) in [6.07, 6.45) is 0.716. The molecule has 8 heteroatoms. The van der Waals surface area contributed by atoms with Crippen LogP contribution in [-0.2, 0) is 15.0 Å². The minimum atomic E-state index is -1.59. The number of fused-ring (bicyclic) bond motifs is 3. The molecule has 0 fully saturated rings. The van der Waals surface area contributed by atoms with E-state index in [2.05, 4.69) is 6.07 Å². The molecule has 2 aliphatic heterocycles. The van der Waals surface area contributed by atoms with Crippen molar-refractivity contribution in [3.8, 4) is 6.07 Å². The maximum Gasteiger partial charge on any atom is 0.247 e. The van der Waals surface area contributed by atoms with Gasteiger partial charge in [-0.15, -0.1) is 0 Å². The molecule has 1 amide bonds. The van der Waals surface area contributed by atoms with Crippen molar-refractivity contribution in [1.82, 2.24) is 0 Å². The number of para-hydroxylation sites is 1. The largest absolute Gasteiger partial charge is 0.384 e. The van der Waals surface area contributed by atoms with E-state index in [0.717, 1.165) is 0 Å². The van der Waals surface area contributed by atoms with Crippen LogP contribution in [-0.4, -0.2) is 18.7 Å². The van der Waals surface area contributed by atoms with Gasteiger partial charge in [0.25, 0.3) is 0 Å². The van der Waals surface area contributed by atoms with E-state index in [1.54, 1.807) is 42.3 Å². The number of likely N-dealkylation sites (N-methyl/N-ethyl adjacent to an activating group) is 1. The van der Waals surface area contributed by atoms with E-state index in [1.807, 2.05) is 26.0 Å². The van der Waals surface area contributed by atoms with Gasteiger partial charge in [-0.1, -0.05) is 55.2 Å². The van der Waals surface area contributed by atoms with Gasteiger partial charge in [0.05, 0.1) is 11.3 Å². The lowest BCUT2D eigenvalue weighted by atomic mass is 9.60. The molecule has 34 heavy (non-hydrogen) atoms. The first kappa shape index (κ1) is 22.5. The van der Waals surface area contributed by atoms with Gasteiger partial charge in [0.15, 0.2) is 5.78 Å². The van der Waals surface area contributed by atoms with Crippen LogP contribution in [0.4, 0.5) is 11.4 Å². The average Bonchev–Trinajstić information content (AvgIpc) is 2.95. The maximum absolute atomic E-state index is 14.0. The molecule has 1 atom stereocenters. The molecule has 0 saturated heterocycles. The number of nitriles is 1. The van der Waals surface area contributed by atoms with Crippen LogP contribution in [0.2, 0.25) is 10.0 Å². The molecule has 2 heterocycles. The number of hydrogen-bond donors (Lipinski definition) is 1. The van der Waals surface area contributed by atoms with Gasteiger partial charge in [0.1, 0.15) is 17.3 Å². The zero-order valence-corrected chi connectivity index (χ0v) is 20.5. The monoisotopic (exact) mass is 492 g/mol. The Hall–Kier alpha value is -3.27. The van der Waals surface area contributed by atoms with Crippen molar-refractivity contribution in [1.29, 1.82) is 5.26 Å². The Morgan fingerprint density at radius 3 is 2.35 bits per heavy atom. The van der Waals surface area contributed by atoms with E-state index in [0.29, 0.717) is 44.7 Å². The zero-order valence-electron chi connectivity index (χ0n) is 18.9. The first-order valence-electron chi connectivity index (χ1n) is 10.8. The standard InChI is InChI=1S/C26H22Cl2N4O2/c1-25(2)11-20-22(21(33)12-25)26(17-6-4-5-7-19(17)31(3)24(26)34)18(13-29)23(30)32(20)16-9-14(27)8-15(28)10-16/h4-10H,11-12,30H2,1-3H3/t26-/m0/s1. The lowest BCUT2D eigenvalue weighted by molar-refractivity contribution is -0.124. The summed E-state index contributed by atoms with van der Waals surface area (Å²) in [5, 5.41) is 11.2. The summed E-state index contributed by atoms with van der Waals surface area (Å²) < 4.78 is 0. The van der Waals surface area contributed by atoms with Gasteiger partial charge in [-0.05, 0) is 36.1 Å². The number of nitrogens with zero attached hydrogens (tertiary/aromatic N) is 3. The van der Waals surface area contributed by atoms with Crippen molar-refractivity contribution in [2.75, 3.05) is 16.8 Å². The number of hydrogen-bond acceptors (Lipinski definition) is 5. The molecule has 5 rings (SSSR count). The summed E-state index contributed by atoms with van der Waals surface area (Å²) in [5.74, 6) is -0.454. The Morgan fingerprint density at radius 1 is 1.06 bits per heavy atom. The molecule has 6 nitrogen and oxygen atoms in total. The Kier molecular flexibility index (Phi) is 4.88. The van der Waals surface area contributed by atoms with E-state index < -0.39 is 5.41 Å². The Balaban J connectivity index is 1.93. The molecule has 0 aromatic heterocycles. The number of carbonyl (C=O) groups is 2. The van der Waals surface area contributed by atoms with Crippen LogP contribution in [0.3, 0.4) is 0 Å². The minimum Gasteiger partial charge on any atom is -0.384 e. The first-order valence-corrected chi connectivity index (χ1v) is 11.6. The van der Waals surface area contributed by atoms with Crippen LogP contribution in [0.1, 0.15) is 32.3 Å². The number of halogens is 2. The summed E-state index contributed by atoms with van der Waals surface area (Å²) in [5.41, 5.74) is 7.42. The van der Waals surface area contributed by atoms with Crippen molar-refractivity contribution in [3.05, 3.63) is 80.7 Å². The Bertz CT molecular complexity index is 1380. The van der Waals surface area contributed by atoms with E-state index in [4.69, 9.17) is 28.9 Å². The lowest BCUT2D eigenvalue weighted by Crippen LogP contribution is -2.53. The van der Waals surface area contributed by atoms with Gasteiger partial charge in [-0.2, -0.15) is 5.26 Å². The SMILES string of the molecule is CN1C(=O)[C@]2(C(C#N)=C(N)N(c3cc(Cl)cc(Cl)c3)C3=C2C(=O)CC(C)(C)C3)c2ccccc21. The van der Waals surface area contributed by atoms with E-state index in [9.17, 15) is 14.9 Å². The zero-order chi connectivity index (χ0) is 24.6. The van der Waals surface area contributed by atoms with Crippen molar-refractivity contribution < 1.29 is 9.59 Å². The first-order chi connectivity index (χ1) is 16.0. The highest BCUT2D eigenvalue weighted by Gasteiger charge is 2.62. The van der Waals surface area contributed by atoms with Gasteiger partial charge < -0.3 is 10.6 Å². The van der Waals surface area contributed by atoms with Gasteiger partial charge in [-0.3, -0.25) is 14.5 Å².